The average Bonchev–Trinajstić information content (AvgIpc) is 3.66. The number of hydrogen-bond acceptors (Lipinski definition) is 0. The summed E-state index contributed by atoms with van der Waals surface area (Å²) in [6, 6.07) is 81.3. The Morgan fingerprint density at radius 2 is 0.694 bits per heavy atom. The highest BCUT2D eigenvalue weighted by Crippen LogP contribution is 2.44. The van der Waals surface area contributed by atoms with Crippen molar-refractivity contribution in [3.05, 3.63) is 224 Å². The maximum Gasteiger partial charge on any atom is 0.0541 e. The Bertz CT molecular complexity index is 3760. The molecule has 1 aromatic heterocycles. The van der Waals surface area contributed by atoms with E-state index in [1.807, 2.05) is 0 Å². The Hall–Kier alpha value is -8.00. The van der Waals surface area contributed by atoms with Crippen molar-refractivity contribution in [2.24, 2.45) is 0 Å². The first kappa shape index (κ1) is 34.8. The molecule has 0 unspecified atom stereocenters. The van der Waals surface area contributed by atoms with Crippen molar-refractivity contribution in [1.29, 1.82) is 0 Å². The first-order valence-electron chi connectivity index (χ1n) is 21.6. The van der Waals surface area contributed by atoms with Gasteiger partial charge in [-0.05, 0) is 142 Å². The molecule has 0 fully saturated rings. The van der Waals surface area contributed by atoms with Gasteiger partial charge in [-0.1, -0.05) is 188 Å². The number of rotatable bonds is 5. The normalized spacial score (nSPS) is 12.0. The first-order valence-corrected chi connectivity index (χ1v) is 21.6. The second kappa shape index (κ2) is 13.5. The summed E-state index contributed by atoms with van der Waals surface area (Å²) < 4.78 is 2.45. The number of benzene rings is 12. The summed E-state index contributed by atoms with van der Waals surface area (Å²) in [6.07, 6.45) is 0. The molecule has 0 aliphatic rings. The smallest absolute Gasteiger partial charge is 0.0541 e. The minimum absolute atomic E-state index is 1.14. The van der Waals surface area contributed by atoms with Gasteiger partial charge < -0.3 is 4.57 Å². The van der Waals surface area contributed by atoms with Gasteiger partial charge in [-0.25, -0.2) is 0 Å². The van der Waals surface area contributed by atoms with Gasteiger partial charge in [0, 0.05) is 16.5 Å². The molecule has 0 bridgehead atoms. The summed E-state index contributed by atoms with van der Waals surface area (Å²) in [5, 5.41) is 15.3. The average molecular weight is 786 g/mol. The second-order valence-electron chi connectivity index (χ2n) is 16.9. The molecular formula is C61H39N. The van der Waals surface area contributed by atoms with Gasteiger partial charge in [0.25, 0.3) is 0 Å². The predicted octanol–water partition coefficient (Wildman–Crippen LogP) is 17.0. The number of aromatic nitrogens is 1. The first-order chi connectivity index (χ1) is 30.6. The quantitative estimate of drug-likeness (QED) is 0.153. The molecule has 0 aliphatic heterocycles. The summed E-state index contributed by atoms with van der Waals surface area (Å²) in [4.78, 5) is 0. The number of hydrogen-bond donors (Lipinski definition) is 0. The molecule has 288 valence electrons. The fourth-order valence-electron chi connectivity index (χ4n) is 10.4. The lowest BCUT2D eigenvalue weighted by atomic mass is 9.87. The molecule has 0 saturated heterocycles. The van der Waals surface area contributed by atoms with Crippen LogP contribution in [-0.4, -0.2) is 4.57 Å². The van der Waals surface area contributed by atoms with Crippen LogP contribution in [0.3, 0.4) is 0 Å². The van der Waals surface area contributed by atoms with Gasteiger partial charge in [0.05, 0.1) is 11.0 Å². The van der Waals surface area contributed by atoms with Crippen molar-refractivity contribution in [2.45, 2.75) is 6.92 Å². The fraction of sp³-hybridized carbons (Fsp3) is 0.0164. The largest absolute Gasteiger partial charge is 0.309 e. The lowest BCUT2D eigenvalue weighted by molar-refractivity contribution is 1.18. The maximum absolute atomic E-state index is 2.45. The van der Waals surface area contributed by atoms with E-state index in [1.54, 1.807) is 0 Å². The number of nitrogens with zero attached hydrogens (tertiary/aromatic N) is 1. The monoisotopic (exact) mass is 785 g/mol. The number of fused-ring (bicyclic) bond motifs is 5. The topological polar surface area (TPSA) is 4.93 Å². The van der Waals surface area contributed by atoms with Crippen LogP contribution in [0.4, 0.5) is 0 Å². The van der Waals surface area contributed by atoms with Crippen molar-refractivity contribution < 1.29 is 0 Å². The zero-order chi connectivity index (χ0) is 40.9. The van der Waals surface area contributed by atoms with Gasteiger partial charge in [-0.3, -0.25) is 0 Å². The van der Waals surface area contributed by atoms with Gasteiger partial charge in [-0.15, -0.1) is 0 Å². The minimum atomic E-state index is 1.14. The Kier molecular flexibility index (Phi) is 7.59. The van der Waals surface area contributed by atoms with E-state index >= 15 is 0 Å². The highest BCUT2D eigenvalue weighted by molar-refractivity contribution is 6.27. The van der Waals surface area contributed by atoms with Crippen LogP contribution in [0.5, 0.6) is 0 Å². The van der Waals surface area contributed by atoms with Crippen LogP contribution in [0.15, 0.2) is 218 Å². The van der Waals surface area contributed by atoms with E-state index in [4.69, 9.17) is 0 Å². The minimum Gasteiger partial charge on any atom is -0.309 e. The molecule has 0 spiro atoms. The Morgan fingerprint density at radius 3 is 1.21 bits per heavy atom. The molecule has 1 heteroatoms. The van der Waals surface area contributed by atoms with E-state index < -0.39 is 0 Å². The highest BCUT2D eigenvalue weighted by Gasteiger charge is 2.18. The van der Waals surface area contributed by atoms with Crippen molar-refractivity contribution in [1.82, 2.24) is 4.57 Å². The van der Waals surface area contributed by atoms with Gasteiger partial charge in [0.2, 0.25) is 0 Å². The molecule has 0 amide bonds. The maximum atomic E-state index is 2.45. The third kappa shape index (κ3) is 5.28. The van der Waals surface area contributed by atoms with Crippen molar-refractivity contribution in [3.63, 3.8) is 0 Å². The van der Waals surface area contributed by atoms with Crippen molar-refractivity contribution in [2.75, 3.05) is 0 Å². The van der Waals surface area contributed by atoms with Gasteiger partial charge in [-0.2, -0.15) is 0 Å². The third-order valence-corrected chi connectivity index (χ3v) is 13.4. The zero-order valence-electron chi connectivity index (χ0n) is 34.2. The molecule has 0 radical (unpaired) electrons. The molecule has 0 aliphatic carbocycles. The summed E-state index contributed by atoms with van der Waals surface area (Å²) in [6.45, 7) is 2.15. The van der Waals surface area contributed by atoms with Crippen molar-refractivity contribution in [3.8, 4) is 50.2 Å². The molecule has 13 aromatic rings. The molecule has 0 N–H and O–H groups in total. The van der Waals surface area contributed by atoms with Gasteiger partial charge in [0.15, 0.2) is 0 Å². The van der Waals surface area contributed by atoms with Crippen LogP contribution in [-0.2, 0) is 0 Å². The molecule has 0 saturated carbocycles. The standard InChI is InChI=1S/C61H39N/c1-38-16-18-41(19-17-38)52-30-22-43-25-33-55-53(31-23-44-24-32-54(52)60(43)61(44)55)42-20-28-47(29-21-42)62-58-34-26-45(50-14-6-10-39-8-2-4-12-48(39)50)36-56(58)57-37-46(27-35-59(57)62)51-15-7-11-40-9-3-5-13-49(40)51/h2-37H,1H3. The van der Waals surface area contributed by atoms with Crippen LogP contribution < -0.4 is 0 Å². The van der Waals surface area contributed by atoms with E-state index in [-0.39, 0.29) is 0 Å². The molecule has 0 atom stereocenters. The van der Waals surface area contributed by atoms with E-state index in [0.717, 1.165) is 5.69 Å². The molecule has 1 heterocycles. The van der Waals surface area contributed by atoms with E-state index in [2.05, 4.69) is 230 Å². The Morgan fingerprint density at radius 1 is 0.274 bits per heavy atom. The fourth-order valence-corrected chi connectivity index (χ4v) is 10.4. The van der Waals surface area contributed by atoms with Gasteiger partial charge >= 0.3 is 0 Å². The van der Waals surface area contributed by atoms with Crippen molar-refractivity contribution >= 4 is 75.7 Å². The summed E-state index contributed by atoms with van der Waals surface area (Å²) in [7, 11) is 0. The van der Waals surface area contributed by atoms with Crippen LogP contribution in [0.1, 0.15) is 5.56 Å². The molecule has 1 nitrogen and oxygen atoms in total. The Balaban J connectivity index is 0.978. The van der Waals surface area contributed by atoms with E-state index in [1.165, 1.54) is 126 Å². The van der Waals surface area contributed by atoms with Crippen LogP contribution in [0.25, 0.3) is 126 Å². The highest BCUT2D eigenvalue weighted by atomic mass is 15.0. The predicted molar refractivity (Wildman–Crippen MR) is 266 cm³/mol. The molecular weight excluding hydrogens is 747 g/mol. The SMILES string of the molecule is Cc1ccc(-c2ccc3ccc4c(-c5ccc(-n6c7ccc(-c8cccc9ccccc89)cc7c7cc(-c8cccc9ccccc89)ccc76)cc5)ccc5ccc2c3c54)cc1. The van der Waals surface area contributed by atoms with E-state index in [0.29, 0.717) is 0 Å². The van der Waals surface area contributed by atoms with E-state index in [9.17, 15) is 0 Å². The number of aryl methyl sites for hydroxylation is 1. The molecule has 62 heavy (non-hydrogen) atoms. The second-order valence-corrected chi connectivity index (χ2v) is 16.9. The van der Waals surface area contributed by atoms with Crippen LogP contribution >= 0.6 is 0 Å². The summed E-state index contributed by atoms with van der Waals surface area (Å²) in [5.41, 5.74) is 14.7. The zero-order valence-corrected chi connectivity index (χ0v) is 34.2. The molecule has 12 aromatic carbocycles. The lowest BCUT2D eigenvalue weighted by Crippen LogP contribution is -1.94. The third-order valence-electron chi connectivity index (χ3n) is 13.4. The Labute approximate surface area is 359 Å². The summed E-state index contributed by atoms with van der Waals surface area (Å²) in [5.74, 6) is 0. The van der Waals surface area contributed by atoms with Crippen LogP contribution in [0.2, 0.25) is 0 Å². The lowest BCUT2D eigenvalue weighted by Gasteiger charge is -2.17. The summed E-state index contributed by atoms with van der Waals surface area (Å²) >= 11 is 0. The van der Waals surface area contributed by atoms with Crippen LogP contribution in [0, 0.1) is 6.92 Å². The van der Waals surface area contributed by atoms with Gasteiger partial charge in [0.1, 0.15) is 0 Å². The molecule has 13 rings (SSSR count).